The molecule has 2 N–H and O–H groups in total. The molecule has 2 rings (SSSR count). The quantitative estimate of drug-likeness (QED) is 0.783. The lowest BCUT2D eigenvalue weighted by Gasteiger charge is -2.23. The van der Waals surface area contributed by atoms with E-state index in [2.05, 4.69) is 5.32 Å². The number of likely N-dealkylation sites (tertiary alicyclic amines) is 1. The van der Waals surface area contributed by atoms with E-state index in [0.717, 1.165) is 6.42 Å². The number of ether oxygens (including phenoxy) is 1. The third-order valence-electron chi connectivity index (χ3n) is 3.94. The normalized spacial score (nSPS) is 16.7. The maximum atomic E-state index is 12.2. The fourth-order valence-corrected chi connectivity index (χ4v) is 2.81. The van der Waals surface area contributed by atoms with E-state index in [-0.39, 0.29) is 30.8 Å². The molecule has 1 saturated heterocycles. The van der Waals surface area contributed by atoms with Gasteiger partial charge in [-0.2, -0.15) is 0 Å². The Labute approximate surface area is 140 Å². The maximum absolute atomic E-state index is 12.2. The number of carboxylic acid groups (broad SMARTS) is 1. The van der Waals surface area contributed by atoms with E-state index in [0.29, 0.717) is 30.9 Å². The Balaban J connectivity index is 1.86. The number of carbonyl (C=O) groups is 3. The molecule has 0 bridgehead atoms. The number of rotatable bonds is 7. The molecule has 1 atom stereocenters. The Hall–Kier alpha value is -2.57. The largest absolute Gasteiger partial charge is 0.494 e. The van der Waals surface area contributed by atoms with Gasteiger partial charge in [0.05, 0.1) is 19.6 Å². The van der Waals surface area contributed by atoms with Crippen LogP contribution >= 0.6 is 0 Å². The van der Waals surface area contributed by atoms with Gasteiger partial charge in [0.1, 0.15) is 5.75 Å². The van der Waals surface area contributed by atoms with E-state index >= 15 is 0 Å². The van der Waals surface area contributed by atoms with Crippen molar-refractivity contribution in [2.75, 3.05) is 19.7 Å². The number of benzene rings is 1. The Bertz CT molecular complexity index is 600. The van der Waals surface area contributed by atoms with Crippen molar-refractivity contribution in [3.8, 4) is 5.75 Å². The van der Waals surface area contributed by atoms with Crippen LogP contribution in [0, 0.1) is 0 Å². The summed E-state index contributed by atoms with van der Waals surface area (Å²) in [6, 6.07) is 6.38. The van der Waals surface area contributed by atoms with Crippen LogP contribution in [0.3, 0.4) is 0 Å². The lowest BCUT2D eigenvalue weighted by Crippen LogP contribution is -2.43. The van der Waals surface area contributed by atoms with Crippen LogP contribution < -0.4 is 10.1 Å². The number of nitrogens with zero attached hydrogens (tertiary/aromatic N) is 1. The summed E-state index contributed by atoms with van der Waals surface area (Å²) < 4.78 is 5.31. The molecule has 1 aromatic carbocycles. The van der Waals surface area contributed by atoms with E-state index in [1.807, 2.05) is 6.92 Å². The number of amides is 2. The van der Waals surface area contributed by atoms with Gasteiger partial charge in [0.25, 0.3) is 5.91 Å². The molecular formula is C17H22N2O5. The molecule has 7 nitrogen and oxygen atoms in total. The average molecular weight is 334 g/mol. The van der Waals surface area contributed by atoms with Crippen molar-refractivity contribution in [3.63, 3.8) is 0 Å². The van der Waals surface area contributed by atoms with Crippen LogP contribution in [0.2, 0.25) is 0 Å². The molecule has 1 unspecified atom stereocenters. The second-order valence-electron chi connectivity index (χ2n) is 5.62. The Morgan fingerprint density at radius 3 is 2.62 bits per heavy atom. The molecule has 0 saturated carbocycles. The molecule has 1 heterocycles. The van der Waals surface area contributed by atoms with Crippen LogP contribution in [0.5, 0.6) is 5.75 Å². The van der Waals surface area contributed by atoms with Gasteiger partial charge in [-0.25, -0.2) is 0 Å². The van der Waals surface area contributed by atoms with Crippen LogP contribution in [0.4, 0.5) is 0 Å². The van der Waals surface area contributed by atoms with Gasteiger partial charge in [-0.3, -0.25) is 14.4 Å². The number of hydrogen-bond acceptors (Lipinski definition) is 4. The zero-order valence-electron chi connectivity index (χ0n) is 13.7. The molecule has 0 aliphatic carbocycles. The first-order valence-electron chi connectivity index (χ1n) is 8.03. The van der Waals surface area contributed by atoms with Crippen molar-refractivity contribution in [3.05, 3.63) is 29.8 Å². The Morgan fingerprint density at radius 2 is 2.00 bits per heavy atom. The summed E-state index contributed by atoms with van der Waals surface area (Å²) in [4.78, 5) is 36.7. The zero-order valence-corrected chi connectivity index (χ0v) is 13.7. The first-order chi connectivity index (χ1) is 11.5. The summed E-state index contributed by atoms with van der Waals surface area (Å²) in [5.41, 5.74) is 0.440. The van der Waals surface area contributed by atoms with Crippen molar-refractivity contribution >= 4 is 17.8 Å². The predicted octanol–water partition coefficient (Wildman–Crippen LogP) is 1.28. The van der Waals surface area contributed by atoms with Crippen LogP contribution in [0.25, 0.3) is 0 Å². The van der Waals surface area contributed by atoms with Gasteiger partial charge in [0.2, 0.25) is 5.91 Å². The van der Waals surface area contributed by atoms with E-state index in [1.54, 1.807) is 29.2 Å². The lowest BCUT2D eigenvalue weighted by molar-refractivity contribution is -0.139. The van der Waals surface area contributed by atoms with E-state index in [4.69, 9.17) is 9.84 Å². The van der Waals surface area contributed by atoms with Crippen LogP contribution in [-0.2, 0) is 9.59 Å². The standard InChI is InChI=1S/C17H22N2O5/c1-2-24-14-7-5-12(6-8-14)17(23)18-11-15(20)19-9-3-4-13(19)10-16(21)22/h5-8,13H,2-4,9-11H2,1H3,(H,18,23)(H,21,22). The second-order valence-corrected chi connectivity index (χ2v) is 5.62. The minimum atomic E-state index is -0.918. The minimum absolute atomic E-state index is 0.0570. The number of nitrogens with one attached hydrogen (secondary N) is 1. The SMILES string of the molecule is CCOc1ccc(C(=O)NCC(=O)N2CCCC2CC(=O)O)cc1. The molecular weight excluding hydrogens is 312 g/mol. The van der Waals surface area contributed by atoms with Crippen LogP contribution in [0.15, 0.2) is 24.3 Å². The highest BCUT2D eigenvalue weighted by Crippen LogP contribution is 2.20. The van der Waals surface area contributed by atoms with Crippen LogP contribution in [0.1, 0.15) is 36.5 Å². The van der Waals surface area contributed by atoms with E-state index in [9.17, 15) is 14.4 Å². The van der Waals surface area contributed by atoms with Gasteiger partial charge in [-0.15, -0.1) is 0 Å². The smallest absolute Gasteiger partial charge is 0.305 e. The molecule has 0 spiro atoms. The highest BCUT2D eigenvalue weighted by atomic mass is 16.5. The summed E-state index contributed by atoms with van der Waals surface area (Å²) >= 11 is 0. The predicted molar refractivity (Wildman–Crippen MR) is 86.9 cm³/mol. The summed E-state index contributed by atoms with van der Waals surface area (Å²) in [5.74, 6) is -0.838. The minimum Gasteiger partial charge on any atom is -0.494 e. The third kappa shape index (κ3) is 4.71. The molecule has 7 heteroatoms. The topological polar surface area (TPSA) is 95.9 Å². The van der Waals surface area contributed by atoms with Gasteiger partial charge in [-0.05, 0) is 44.0 Å². The molecule has 2 amide bonds. The summed E-state index contributed by atoms with van der Waals surface area (Å²) in [5, 5.41) is 11.5. The lowest BCUT2D eigenvalue weighted by atomic mass is 10.1. The first kappa shape index (κ1) is 17.8. The summed E-state index contributed by atoms with van der Waals surface area (Å²) in [7, 11) is 0. The molecule has 130 valence electrons. The summed E-state index contributed by atoms with van der Waals surface area (Å²) in [6.45, 7) is 2.83. The van der Waals surface area contributed by atoms with Crippen molar-refractivity contribution < 1.29 is 24.2 Å². The Morgan fingerprint density at radius 1 is 1.29 bits per heavy atom. The maximum Gasteiger partial charge on any atom is 0.305 e. The monoisotopic (exact) mass is 334 g/mol. The second kappa shape index (κ2) is 8.33. The number of carboxylic acids is 1. The molecule has 1 fully saturated rings. The fraction of sp³-hybridized carbons (Fsp3) is 0.471. The number of aliphatic carboxylic acids is 1. The van der Waals surface area contributed by atoms with Gasteiger partial charge in [0.15, 0.2) is 0 Å². The third-order valence-corrected chi connectivity index (χ3v) is 3.94. The highest BCUT2D eigenvalue weighted by molar-refractivity contribution is 5.96. The molecule has 1 aliphatic heterocycles. The number of hydrogen-bond donors (Lipinski definition) is 2. The van der Waals surface area contributed by atoms with Crippen molar-refractivity contribution in [1.29, 1.82) is 0 Å². The zero-order chi connectivity index (χ0) is 17.5. The van der Waals surface area contributed by atoms with Gasteiger partial charge >= 0.3 is 5.97 Å². The van der Waals surface area contributed by atoms with E-state index < -0.39 is 5.97 Å². The van der Waals surface area contributed by atoms with Crippen LogP contribution in [-0.4, -0.2) is 53.5 Å². The van der Waals surface area contributed by atoms with Gasteiger partial charge in [0, 0.05) is 18.2 Å². The number of carbonyl (C=O) groups excluding carboxylic acids is 2. The fourth-order valence-electron chi connectivity index (χ4n) is 2.81. The Kier molecular flexibility index (Phi) is 6.17. The van der Waals surface area contributed by atoms with Gasteiger partial charge < -0.3 is 20.1 Å². The average Bonchev–Trinajstić information content (AvgIpc) is 3.00. The molecule has 1 aliphatic rings. The van der Waals surface area contributed by atoms with Crippen molar-refractivity contribution in [2.24, 2.45) is 0 Å². The van der Waals surface area contributed by atoms with Crippen molar-refractivity contribution in [2.45, 2.75) is 32.2 Å². The van der Waals surface area contributed by atoms with E-state index in [1.165, 1.54) is 0 Å². The molecule has 1 aromatic rings. The molecule has 0 aromatic heterocycles. The molecule has 0 radical (unpaired) electrons. The molecule has 24 heavy (non-hydrogen) atoms. The van der Waals surface area contributed by atoms with Gasteiger partial charge in [-0.1, -0.05) is 0 Å². The van der Waals surface area contributed by atoms with Crippen molar-refractivity contribution in [1.82, 2.24) is 10.2 Å². The summed E-state index contributed by atoms with van der Waals surface area (Å²) in [6.07, 6.45) is 1.42. The highest BCUT2D eigenvalue weighted by Gasteiger charge is 2.30. The first-order valence-corrected chi connectivity index (χ1v) is 8.03.